The van der Waals surface area contributed by atoms with Crippen molar-refractivity contribution in [1.82, 2.24) is 0 Å². The highest BCUT2D eigenvalue weighted by molar-refractivity contribution is 5.50. The number of rotatable bonds is 2. The maximum Gasteiger partial charge on any atom is 0.127 e. The Morgan fingerprint density at radius 3 is 2.00 bits per heavy atom. The molecule has 0 aliphatic rings. The standard InChI is InChI=1S/C17H21NO/c1-12-11-15(9-10-16(12)18)19-14-7-5-13(6-8-14)17(2,3)4/h5-11H,18H2,1-4H3. The fourth-order valence-corrected chi connectivity index (χ4v) is 1.87. The minimum atomic E-state index is 0.163. The molecule has 2 rings (SSSR count). The second-order valence-electron chi connectivity index (χ2n) is 5.89. The van der Waals surface area contributed by atoms with Gasteiger partial charge in [0.25, 0.3) is 0 Å². The van der Waals surface area contributed by atoms with Gasteiger partial charge >= 0.3 is 0 Å². The third kappa shape index (κ3) is 3.28. The second kappa shape index (κ2) is 4.96. The fourth-order valence-electron chi connectivity index (χ4n) is 1.87. The van der Waals surface area contributed by atoms with Crippen molar-refractivity contribution in [2.24, 2.45) is 0 Å². The second-order valence-corrected chi connectivity index (χ2v) is 5.89. The highest BCUT2D eigenvalue weighted by atomic mass is 16.5. The van der Waals surface area contributed by atoms with Gasteiger partial charge in [0.2, 0.25) is 0 Å². The molecule has 0 amide bonds. The summed E-state index contributed by atoms with van der Waals surface area (Å²) in [6.45, 7) is 8.58. The highest BCUT2D eigenvalue weighted by Gasteiger charge is 2.13. The average Bonchev–Trinajstić information content (AvgIpc) is 2.33. The Morgan fingerprint density at radius 2 is 1.47 bits per heavy atom. The van der Waals surface area contributed by atoms with Gasteiger partial charge in [0.1, 0.15) is 11.5 Å². The van der Waals surface area contributed by atoms with Gasteiger partial charge in [-0.05, 0) is 53.8 Å². The predicted octanol–water partition coefficient (Wildman–Crippen LogP) is 4.67. The Balaban J connectivity index is 2.17. The molecule has 19 heavy (non-hydrogen) atoms. The van der Waals surface area contributed by atoms with Gasteiger partial charge in [0, 0.05) is 5.69 Å². The third-order valence-electron chi connectivity index (χ3n) is 3.20. The number of ether oxygens (including phenoxy) is 1. The molecule has 0 saturated heterocycles. The zero-order chi connectivity index (χ0) is 14.0. The van der Waals surface area contributed by atoms with Gasteiger partial charge in [-0.2, -0.15) is 0 Å². The quantitative estimate of drug-likeness (QED) is 0.792. The van der Waals surface area contributed by atoms with E-state index in [0.29, 0.717) is 0 Å². The number of nitrogens with two attached hydrogens (primary N) is 1. The van der Waals surface area contributed by atoms with E-state index in [-0.39, 0.29) is 5.41 Å². The number of aryl methyl sites for hydroxylation is 1. The molecule has 0 bridgehead atoms. The van der Waals surface area contributed by atoms with Gasteiger partial charge in [0.05, 0.1) is 0 Å². The van der Waals surface area contributed by atoms with Crippen molar-refractivity contribution in [1.29, 1.82) is 0 Å². The molecule has 0 saturated carbocycles. The van der Waals surface area contributed by atoms with Gasteiger partial charge < -0.3 is 10.5 Å². The number of hydrogen-bond donors (Lipinski definition) is 1. The molecule has 2 N–H and O–H groups in total. The number of hydrogen-bond acceptors (Lipinski definition) is 2. The summed E-state index contributed by atoms with van der Waals surface area (Å²) < 4.78 is 5.83. The molecular weight excluding hydrogens is 234 g/mol. The van der Waals surface area contributed by atoms with Crippen LogP contribution >= 0.6 is 0 Å². The van der Waals surface area contributed by atoms with Crippen LogP contribution in [-0.4, -0.2) is 0 Å². The zero-order valence-electron chi connectivity index (χ0n) is 12.0. The van der Waals surface area contributed by atoms with E-state index in [1.165, 1.54) is 5.56 Å². The van der Waals surface area contributed by atoms with Crippen molar-refractivity contribution in [2.45, 2.75) is 33.1 Å². The first-order valence-electron chi connectivity index (χ1n) is 6.51. The molecule has 0 atom stereocenters. The normalized spacial score (nSPS) is 11.4. The molecule has 0 spiro atoms. The summed E-state index contributed by atoms with van der Waals surface area (Å²) in [6, 6.07) is 13.9. The van der Waals surface area contributed by atoms with Gasteiger partial charge in [0.15, 0.2) is 0 Å². The van der Waals surface area contributed by atoms with E-state index in [9.17, 15) is 0 Å². The molecule has 2 nitrogen and oxygen atoms in total. The van der Waals surface area contributed by atoms with Gasteiger partial charge in [-0.25, -0.2) is 0 Å². The van der Waals surface area contributed by atoms with E-state index in [1.807, 2.05) is 37.3 Å². The summed E-state index contributed by atoms with van der Waals surface area (Å²) >= 11 is 0. The van der Waals surface area contributed by atoms with E-state index in [1.54, 1.807) is 0 Å². The van der Waals surface area contributed by atoms with Crippen LogP contribution in [0.4, 0.5) is 5.69 Å². The van der Waals surface area contributed by atoms with Crippen LogP contribution in [0.3, 0.4) is 0 Å². The lowest BCUT2D eigenvalue weighted by molar-refractivity contribution is 0.481. The number of nitrogen functional groups attached to an aromatic ring is 1. The molecule has 2 aromatic carbocycles. The van der Waals surface area contributed by atoms with Crippen LogP contribution in [0.15, 0.2) is 42.5 Å². The highest BCUT2D eigenvalue weighted by Crippen LogP contribution is 2.28. The van der Waals surface area contributed by atoms with E-state index in [0.717, 1.165) is 22.7 Å². The summed E-state index contributed by atoms with van der Waals surface area (Å²) in [7, 11) is 0. The number of benzene rings is 2. The molecule has 0 aliphatic heterocycles. The summed E-state index contributed by atoms with van der Waals surface area (Å²) in [5.41, 5.74) is 9.08. The fraction of sp³-hybridized carbons (Fsp3) is 0.294. The van der Waals surface area contributed by atoms with Crippen LogP contribution in [0.1, 0.15) is 31.9 Å². The van der Waals surface area contributed by atoms with Crippen molar-refractivity contribution < 1.29 is 4.74 Å². The first kappa shape index (κ1) is 13.5. The van der Waals surface area contributed by atoms with Gasteiger partial charge in [-0.1, -0.05) is 32.9 Å². The van der Waals surface area contributed by atoms with Crippen LogP contribution in [0.25, 0.3) is 0 Å². The number of anilines is 1. The summed E-state index contributed by atoms with van der Waals surface area (Å²) in [5.74, 6) is 1.66. The Morgan fingerprint density at radius 1 is 0.895 bits per heavy atom. The minimum Gasteiger partial charge on any atom is -0.457 e. The topological polar surface area (TPSA) is 35.2 Å². The predicted molar refractivity (Wildman–Crippen MR) is 80.8 cm³/mol. The first-order chi connectivity index (χ1) is 8.86. The molecule has 2 aromatic rings. The Labute approximate surface area is 115 Å². The maximum atomic E-state index is 5.83. The van der Waals surface area contributed by atoms with E-state index >= 15 is 0 Å². The molecule has 2 heteroatoms. The van der Waals surface area contributed by atoms with Crippen LogP contribution < -0.4 is 10.5 Å². The van der Waals surface area contributed by atoms with Crippen LogP contribution in [0, 0.1) is 6.92 Å². The Kier molecular flexibility index (Phi) is 3.52. The maximum absolute atomic E-state index is 5.83. The van der Waals surface area contributed by atoms with E-state index in [2.05, 4.69) is 32.9 Å². The molecule has 0 aliphatic carbocycles. The molecule has 0 aromatic heterocycles. The molecule has 0 fully saturated rings. The third-order valence-corrected chi connectivity index (χ3v) is 3.20. The monoisotopic (exact) mass is 255 g/mol. The molecular formula is C17H21NO. The molecule has 100 valence electrons. The average molecular weight is 255 g/mol. The van der Waals surface area contributed by atoms with Crippen molar-refractivity contribution in [3.8, 4) is 11.5 Å². The van der Waals surface area contributed by atoms with Crippen molar-refractivity contribution in [2.75, 3.05) is 5.73 Å². The summed E-state index contributed by atoms with van der Waals surface area (Å²) in [5, 5.41) is 0. The Hall–Kier alpha value is -1.96. The molecule has 0 radical (unpaired) electrons. The lowest BCUT2D eigenvalue weighted by atomic mass is 9.87. The first-order valence-corrected chi connectivity index (χ1v) is 6.51. The zero-order valence-corrected chi connectivity index (χ0v) is 12.0. The molecule has 0 unspecified atom stereocenters. The lowest BCUT2D eigenvalue weighted by Gasteiger charge is -2.19. The Bertz CT molecular complexity index is 565. The largest absolute Gasteiger partial charge is 0.457 e. The summed E-state index contributed by atoms with van der Waals surface area (Å²) in [6.07, 6.45) is 0. The van der Waals surface area contributed by atoms with Gasteiger partial charge in [-0.15, -0.1) is 0 Å². The summed E-state index contributed by atoms with van der Waals surface area (Å²) in [4.78, 5) is 0. The van der Waals surface area contributed by atoms with Crippen molar-refractivity contribution in [3.05, 3.63) is 53.6 Å². The molecule has 0 heterocycles. The van der Waals surface area contributed by atoms with E-state index < -0.39 is 0 Å². The van der Waals surface area contributed by atoms with Crippen LogP contribution in [0.2, 0.25) is 0 Å². The van der Waals surface area contributed by atoms with Crippen molar-refractivity contribution in [3.63, 3.8) is 0 Å². The lowest BCUT2D eigenvalue weighted by Crippen LogP contribution is -2.10. The van der Waals surface area contributed by atoms with Crippen LogP contribution in [-0.2, 0) is 5.41 Å². The minimum absolute atomic E-state index is 0.163. The SMILES string of the molecule is Cc1cc(Oc2ccc(C(C)(C)C)cc2)ccc1N. The van der Waals surface area contributed by atoms with Crippen LogP contribution in [0.5, 0.6) is 11.5 Å². The van der Waals surface area contributed by atoms with Gasteiger partial charge in [-0.3, -0.25) is 0 Å². The smallest absolute Gasteiger partial charge is 0.127 e. The van der Waals surface area contributed by atoms with Crippen molar-refractivity contribution >= 4 is 5.69 Å². The van der Waals surface area contributed by atoms with E-state index in [4.69, 9.17) is 10.5 Å².